The number of aryl methyl sites for hydroxylation is 1. The number of nitrogens with zero attached hydrogens (tertiary/aromatic N) is 2. The Morgan fingerprint density at radius 1 is 1.12 bits per heavy atom. The summed E-state index contributed by atoms with van der Waals surface area (Å²) in [7, 11) is -3.51. The van der Waals surface area contributed by atoms with Crippen LogP contribution in [-0.4, -0.2) is 56.3 Å². The van der Waals surface area contributed by atoms with Crippen LogP contribution in [0.4, 0.5) is 5.69 Å². The number of likely N-dealkylation sites (N-methyl/N-ethyl adjacent to an activating group) is 1. The molecule has 1 saturated heterocycles. The predicted octanol–water partition coefficient (Wildman–Crippen LogP) is 2.17. The van der Waals surface area contributed by atoms with Crippen molar-refractivity contribution < 1.29 is 17.6 Å². The molecule has 1 amide bonds. The first-order valence-corrected chi connectivity index (χ1v) is 10.0. The van der Waals surface area contributed by atoms with Crippen LogP contribution >= 0.6 is 0 Å². The first kappa shape index (κ1) is 18.6. The number of rotatable bonds is 5. The molecule has 1 aliphatic heterocycles. The summed E-state index contributed by atoms with van der Waals surface area (Å²) in [5, 5.41) is 2.74. The van der Waals surface area contributed by atoms with Crippen molar-refractivity contribution in [3.05, 3.63) is 47.9 Å². The Morgan fingerprint density at radius 3 is 2.31 bits per heavy atom. The molecule has 2 heterocycles. The Morgan fingerprint density at radius 2 is 1.77 bits per heavy atom. The highest BCUT2D eigenvalue weighted by Gasteiger charge is 2.27. The SMILES string of the molecule is CCN1CCN(S(=O)(=O)c2ccc(NC(=O)c3ccoc3C)cc2)CC1. The zero-order valence-corrected chi connectivity index (χ0v) is 15.8. The van der Waals surface area contributed by atoms with E-state index in [1.807, 2.05) is 0 Å². The van der Waals surface area contributed by atoms with E-state index in [9.17, 15) is 13.2 Å². The molecular formula is C18H23N3O4S. The lowest BCUT2D eigenvalue weighted by Crippen LogP contribution is -2.48. The van der Waals surface area contributed by atoms with E-state index < -0.39 is 10.0 Å². The molecule has 0 atom stereocenters. The fraction of sp³-hybridized carbons (Fsp3) is 0.389. The normalized spacial score (nSPS) is 16.5. The van der Waals surface area contributed by atoms with Crippen molar-refractivity contribution in [3.63, 3.8) is 0 Å². The van der Waals surface area contributed by atoms with E-state index in [2.05, 4.69) is 17.1 Å². The highest BCUT2D eigenvalue weighted by molar-refractivity contribution is 7.89. The van der Waals surface area contributed by atoms with Gasteiger partial charge in [-0.3, -0.25) is 4.79 Å². The van der Waals surface area contributed by atoms with Gasteiger partial charge in [0.25, 0.3) is 5.91 Å². The van der Waals surface area contributed by atoms with Gasteiger partial charge in [-0.2, -0.15) is 4.31 Å². The number of furan rings is 1. The maximum atomic E-state index is 12.8. The second kappa shape index (κ2) is 7.61. The van der Waals surface area contributed by atoms with Crippen LogP contribution in [0, 0.1) is 6.92 Å². The molecule has 0 bridgehead atoms. The summed E-state index contributed by atoms with van der Waals surface area (Å²) in [6.45, 7) is 7.19. The molecule has 0 saturated carbocycles. The minimum Gasteiger partial charge on any atom is -0.469 e. The average Bonchev–Trinajstić information content (AvgIpc) is 3.08. The average molecular weight is 377 g/mol. The smallest absolute Gasteiger partial charge is 0.259 e. The van der Waals surface area contributed by atoms with E-state index in [0.717, 1.165) is 19.6 Å². The number of piperazine rings is 1. The van der Waals surface area contributed by atoms with Gasteiger partial charge in [0.15, 0.2) is 0 Å². The molecule has 0 spiro atoms. The van der Waals surface area contributed by atoms with Crippen molar-refractivity contribution in [1.29, 1.82) is 0 Å². The first-order chi connectivity index (χ1) is 12.4. The number of sulfonamides is 1. The summed E-state index contributed by atoms with van der Waals surface area (Å²) < 4.78 is 32.1. The van der Waals surface area contributed by atoms with Crippen LogP contribution in [0.1, 0.15) is 23.0 Å². The monoisotopic (exact) mass is 377 g/mol. The number of carbonyl (C=O) groups is 1. The van der Waals surface area contributed by atoms with Crippen LogP contribution in [0.2, 0.25) is 0 Å². The molecule has 0 unspecified atom stereocenters. The summed E-state index contributed by atoms with van der Waals surface area (Å²) in [6, 6.07) is 7.85. The van der Waals surface area contributed by atoms with Crippen LogP contribution in [0.3, 0.4) is 0 Å². The molecule has 0 aliphatic carbocycles. The van der Waals surface area contributed by atoms with Gasteiger partial charge in [-0.15, -0.1) is 0 Å². The minimum atomic E-state index is -3.51. The minimum absolute atomic E-state index is 0.236. The zero-order valence-electron chi connectivity index (χ0n) is 14.9. The Labute approximate surface area is 153 Å². The van der Waals surface area contributed by atoms with Gasteiger partial charge in [-0.1, -0.05) is 6.92 Å². The van der Waals surface area contributed by atoms with E-state index in [0.29, 0.717) is 30.1 Å². The molecular weight excluding hydrogens is 354 g/mol. The maximum absolute atomic E-state index is 12.8. The van der Waals surface area contributed by atoms with Gasteiger partial charge >= 0.3 is 0 Å². The molecule has 1 aromatic heterocycles. The third-order valence-electron chi connectivity index (χ3n) is 4.63. The van der Waals surface area contributed by atoms with Gasteiger partial charge in [0.2, 0.25) is 10.0 Å². The van der Waals surface area contributed by atoms with E-state index in [1.54, 1.807) is 25.1 Å². The third kappa shape index (κ3) is 3.82. The predicted molar refractivity (Wildman–Crippen MR) is 98.7 cm³/mol. The topological polar surface area (TPSA) is 82.9 Å². The third-order valence-corrected chi connectivity index (χ3v) is 6.54. The van der Waals surface area contributed by atoms with Crippen LogP contribution in [0.15, 0.2) is 45.9 Å². The van der Waals surface area contributed by atoms with E-state index in [4.69, 9.17) is 4.42 Å². The van der Waals surface area contributed by atoms with Crippen LogP contribution in [0.5, 0.6) is 0 Å². The summed E-state index contributed by atoms with van der Waals surface area (Å²) in [4.78, 5) is 14.6. The number of anilines is 1. The van der Waals surface area contributed by atoms with Gasteiger partial charge in [0.05, 0.1) is 16.7 Å². The van der Waals surface area contributed by atoms with E-state index in [-0.39, 0.29) is 10.8 Å². The Bertz CT molecular complexity index is 866. The van der Waals surface area contributed by atoms with E-state index in [1.165, 1.54) is 22.7 Å². The fourth-order valence-corrected chi connectivity index (χ4v) is 4.39. The largest absolute Gasteiger partial charge is 0.469 e. The summed E-state index contributed by atoms with van der Waals surface area (Å²) in [5.74, 6) is 0.246. The molecule has 1 N–H and O–H groups in total. The summed E-state index contributed by atoms with van der Waals surface area (Å²) >= 11 is 0. The number of benzene rings is 1. The van der Waals surface area contributed by atoms with Gasteiger partial charge < -0.3 is 14.6 Å². The fourth-order valence-electron chi connectivity index (χ4n) is 2.96. The Hall–Kier alpha value is -2.16. The lowest BCUT2D eigenvalue weighted by atomic mass is 10.2. The molecule has 1 aromatic carbocycles. The molecule has 140 valence electrons. The number of hydrogen-bond donors (Lipinski definition) is 1. The van der Waals surface area contributed by atoms with Gasteiger partial charge in [-0.05, 0) is 43.8 Å². The van der Waals surface area contributed by atoms with Crippen LogP contribution < -0.4 is 5.32 Å². The summed E-state index contributed by atoms with van der Waals surface area (Å²) in [6.07, 6.45) is 1.46. The quantitative estimate of drug-likeness (QED) is 0.863. The second-order valence-electron chi connectivity index (χ2n) is 6.21. The first-order valence-electron chi connectivity index (χ1n) is 8.60. The van der Waals surface area contributed by atoms with Gasteiger partial charge in [0.1, 0.15) is 5.76 Å². The lowest BCUT2D eigenvalue weighted by molar-refractivity contribution is 0.102. The molecule has 3 rings (SSSR count). The molecule has 8 heteroatoms. The van der Waals surface area contributed by atoms with Crippen LogP contribution in [-0.2, 0) is 10.0 Å². The highest BCUT2D eigenvalue weighted by Crippen LogP contribution is 2.20. The maximum Gasteiger partial charge on any atom is 0.259 e. The number of amides is 1. The molecule has 0 radical (unpaired) electrons. The van der Waals surface area contributed by atoms with Crippen LogP contribution in [0.25, 0.3) is 0 Å². The van der Waals surface area contributed by atoms with Gasteiger partial charge in [0, 0.05) is 31.9 Å². The molecule has 1 fully saturated rings. The molecule has 2 aromatic rings. The van der Waals surface area contributed by atoms with Crippen molar-refractivity contribution in [2.24, 2.45) is 0 Å². The number of nitrogens with one attached hydrogen (secondary N) is 1. The molecule has 1 aliphatic rings. The summed E-state index contributed by atoms with van der Waals surface area (Å²) in [5.41, 5.74) is 0.987. The van der Waals surface area contributed by atoms with Crippen molar-refractivity contribution in [1.82, 2.24) is 9.21 Å². The van der Waals surface area contributed by atoms with Crippen molar-refractivity contribution in [2.45, 2.75) is 18.7 Å². The zero-order chi connectivity index (χ0) is 18.7. The van der Waals surface area contributed by atoms with Gasteiger partial charge in [-0.25, -0.2) is 8.42 Å². The van der Waals surface area contributed by atoms with Crippen molar-refractivity contribution in [3.8, 4) is 0 Å². The van der Waals surface area contributed by atoms with E-state index >= 15 is 0 Å². The number of carbonyl (C=O) groups excluding carboxylic acids is 1. The highest BCUT2D eigenvalue weighted by atomic mass is 32.2. The standard InChI is InChI=1S/C18H23N3O4S/c1-3-20-9-11-21(12-10-20)26(23,24)16-6-4-15(5-7-16)19-18(22)17-8-13-25-14(17)2/h4-8,13H,3,9-12H2,1-2H3,(H,19,22). The van der Waals surface area contributed by atoms with Crippen molar-refractivity contribution in [2.75, 3.05) is 38.0 Å². The second-order valence-corrected chi connectivity index (χ2v) is 8.15. The molecule has 7 nitrogen and oxygen atoms in total. The Kier molecular flexibility index (Phi) is 5.45. The lowest BCUT2D eigenvalue weighted by Gasteiger charge is -2.33. The molecule has 26 heavy (non-hydrogen) atoms. The number of hydrogen-bond acceptors (Lipinski definition) is 5. The Balaban J connectivity index is 1.69. The van der Waals surface area contributed by atoms with Crippen molar-refractivity contribution >= 4 is 21.6 Å².